The molecule has 58 valence electrons. The first-order valence-corrected chi connectivity index (χ1v) is 3.85. The Hall–Kier alpha value is -1.05. The van der Waals surface area contributed by atoms with E-state index in [9.17, 15) is 4.79 Å². The van der Waals surface area contributed by atoms with Gasteiger partial charge in [0.05, 0.1) is 12.2 Å². The highest BCUT2D eigenvalue weighted by Crippen LogP contribution is 2.31. The molecule has 0 fully saturated rings. The molecule has 0 aromatic heterocycles. The van der Waals surface area contributed by atoms with Crippen molar-refractivity contribution < 1.29 is 9.53 Å². The van der Waals surface area contributed by atoms with E-state index in [1.165, 1.54) is 5.57 Å². The van der Waals surface area contributed by atoms with Gasteiger partial charge in [0.1, 0.15) is 0 Å². The topological polar surface area (TPSA) is 26.3 Å². The van der Waals surface area contributed by atoms with Gasteiger partial charge in [-0.2, -0.15) is 0 Å². The summed E-state index contributed by atoms with van der Waals surface area (Å²) in [6.45, 7) is 2.54. The van der Waals surface area contributed by atoms with Gasteiger partial charge in [-0.05, 0) is 24.5 Å². The van der Waals surface area contributed by atoms with E-state index in [0.29, 0.717) is 6.61 Å². The van der Waals surface area contributed by atoms with Crippen LogP contribution in [0.3, 0.4) is 0 Å². The van der Waals surface area contributed by atoms with E-state index in [4.69, 9.17) is 4.74 Å². The van der Waals surface area contributed by atoms with Crippen LogP contribution in [0.2, 0.25) is 0 Å². The number of rotatable bonds is 0. The Morgan fingerprint density at radius 1 is 1.55 bits per heavy atom. The number of hydrogen-bond acceptors (Lipinski definition) is 2. The first-order chi connectivity index (χ1) is 5.29. The van der Waals surface area contributed by atoms with Gasteiger partial charge in [0, 0.05) is 6.42 Å². The number of cyclic esters (lactones) is 1. The lowest BCUT2D eigenvalue weighted by Crippen LogP contribution is -2.15. The zero-order chi connectivity index (χ0) is 7.84. The van der Waals surface area contributed by atoms with Gasteiger partial charge in [0.15, 0.2) is 0 Å². The Bertz CT molecular complexity index is 271. The van der Waals surface area contributed by atoms with E-state index < -0.39 is 0 Å². The lowest BCUT2D eigenvalue weighted by atomic mass is 10.0. The summed E-state index contributed by atoms with van der Waals surface area (Å²) in [7, 11) is 0. The second kappa shape index (κ2) is 2.22. The van der Waals surface area contributed by atoms with E-state index >= 15 is 0 Å². The molecule has 2 heteroatoms. The molecule has 0 aromatic carbocycles. The third-order valence-electron chi connectivity index (χ3n) is 2.24. The number of ether oxygens (including phenoxy) is 1. The SMILES string of the molecule is CC1=CCC2=C1C(=O)OCC2. The molecule has 0 spiro atoms. The number of carbonyl (C=O) groups excluding carboxylic acids is 1. The molecule has 2 aliphatic rings. The van der Waals surface area contributed by atoms with E-state index in [-0.39, 0.29) is 5.97 Å². The summed E-state index contributed by atoms with van der Waals surface area (Å²) in [6, 6.07) is 0. The van der Waals surface area contributed by atoms with Crippen LogP contribution in [-0.4, -0.2) is 12.6 Å². The van der Waals surface area contributed by atoms with Crippen LogP contribution in [0, 0.1) is 0 Å². The Balaban J connectivity index is 2.41. The lowest BCUT2D eigenvalue weighted by molar-refractivity contribution is -0.139. The molecule has 2 rings (SSSR count). The summed E-state index contributed by atoms with van der Waals surface area (Å²) in [5, 5.41) is 0. The monoisotopic (exact) mass is 150 g/mol. The molecule has 0 N–H and O–H groups in total. The predicted molar refractivity (Wildman–Crippen MR) is 41.0 cm³/mol. The van der Waals surface area contributed by atoms with Crippen molar-refractivity contribution in [2.24, 2.45) is 0 Å². The predicted octanol–water partition coefficient (Wildman–Crippen LogP) is 1.58. The fourth-order valence-corrected chi connectivity index (χ4v) is 1.63. The molecule has 2 nitrogen and oxygen atoms in total. The van der Waals surface area contributed by atoms with Gasteiger partial charge in [0.2, 0.25) is 0 Å². The Morgan fingerprint density at radius 3 is 3.09 bits per heavy atom. The zero-order valence-electron chi connectivity index (χ0n) is 6.52. The molecule has 0 amide bonds. The van der Waals surface area contributed by atoms with Crippen molar-refractivity contribution in [2.45, 2.75) is 19.8 Å². The highest BCUT2D eigenvalue weighted by molar-refractivity contribution is 5.95. The number of allylic oxidation sites excluding steroid dienone is 1. The lowest BCUT2D eigenvalue weighted by Gasteiger charge is -2.14. The van der Waals surface area contributed by atoms with Crippen LogP contribution >= 0.6 is 0 Å². The van der Waals surface area contributed by atoms with Crippen LogP contribution in [0.25, 0.3) is 0 Å². The van der Waals surface area contributed by atoms with Gasteiger partial charge in [-0.15, -0.1) is 0 Å². The van der Waals surface area contributed by atoms with Crippen molar-refractivity contribution in [3.05, 3.63) is 22.8 Å². The summed E-state index contributed by atoms with van der Waals surface area (Å²) in [6.07, 6.45) is 3.97. The normalized spacial score (nSPS) is 23.0. The molecule has 0 bridgehead atoms. The Morgan fingerprint density at radius 2 is 2.36 bits per heavy atom. The van der Waals surface area contributed by atoms with Crippen molar-refractivity contribution in [1.29, 1.82) is 0 Å². The van der Waals surface area contributed by atoms with Gasteiger partial charge >= 0.3 is 5.97 Å². The minimum Gasteiger partial charge on any atom is -0.462 e. The van der Waals surface area contributed by atoms with Crippen LogP contribution < -0.4 is 0 Å². The van der Waals surface area contributed by atoms with Crippen LogP contribution in [0.5, 0.6) is 0 Å². The van der Waals surface area contributed by atoms with Crippen molar-refractivity contribution >= 4 is 5.97 Å². The van der Waals surface area contributed by atoms with Gasteiger partial charge in [-0.3, -0.25) is 0 Å². The van der Waals surface area contributed by atoms with Gasteiger partial charge in [-0.1, -0.05) is 6.08 Å². The van der Waals surface area contributed by atoms with Crippen LogP contribution in [0.4, 0.5) is 0 Å². The molecule has 11 heavy (non-hydrogen) atoms. The minimum atomic E-state index is -0.127. The van der Waals surface area contributed by atoms with Crippen molar-refractivity contribution in [3.63, 3.8) is 0 Å². The molecule has 1 heterocycles. The second-order valence-electron chi connectivity index (χ2n) is 2.96. The highest BCUT2D eigenvalue weighted by Gasteiger charge is 2.25. The molecule has 0 saturated carbocycles. The zero-order valence-corrected chi connectivity index (χ0v) is 6.52. The Kier molecular flexibility index (Phi) is 1.34. The molecular formula is C9H10O2. The summed E-state index contributed by atoms with van der Waals surface area (Å²) in [4.78, 5) is 11.2. The van der Waals surface area contributed by atoms with Crippen LogP contribution in [0.1, 0.15) is 19.8 Å². The molecule has 1 aliphatic heterocycles. The van der Waals surface area contributed by atoms with Crippen molar-refractivity contribution in [2.75, 3.05) is 6.61 Å². The second-order valence-corrected chi connectivity index (χ2v) is 2.96. The van der Waals surface area contributed by atoms with Gasteiger partial charge in [-0.25, -0.2) is 4.79 Å². The van der Waals surface area contributed by atoms with E-state index in [2.05, 4.69) is 6.08 Å². The maximum absolute atomic E-state index is 11.2. The molecule has 0 unspecified atom stereocenters. The molecule has 0 saturated heterocycles. The third kappa shape index (κ3) is 0.897. The summed E-state index contributed by atoms with van der Waals surface area (Å²) >= 11 is 0. The Labute approximate surface area is 65.5 Å². The van der Waals surface area contributed by atoms with Gasteiger partial charge in [0.25, 0.3) is 0 Å². The first-order valence-electron chi connectivity index (χ1n) is 3.85. The molecular weight excluding hydrogens is 140 g/mol. The van der Waals surface area contributed by atoms with E-state index in [0.717, 1.165) is 24.0 Å². The standard InChI is InChI=1S/C9H10O2/c1-6-2-3-7-4-5-11-9(10)8(6)7/h2H,3-5H2,1H3. The third-order valence-corrected chi connectivity index (χ3v) is 2.24. The minimum absolute atomic E-state index is 0.127. The van der Waals surface area contributed by atoms with Crippen molar-refractivity contribution in [1.82, 2.24) is 0 Å². The number of hydrogen-bond donors (Lipinski definition) is 0. The molecule has 0 aromatic rings. The smallest absolute Gasteiger partial charge is 0.338 e. The molecule has 1 aliphatic carbocycles. The number of carbonyl (C=O) groups is 1. The first kappa shape index (κ1) is 6.65. The average molecular weight is 150 g/mol. The van der Waals surface area contributed by atoms with Crippen LogP contribution in [0.15, 0.2) is 22.8 Å². The van der Waals surface area contributed by atoms with E-state index in [1.54, 1.807) is 0 Å². The number of esters is 1. The van der Waals surface area contributed by atoms with Crippen LogP contribution in [-0.2, 0) is 9.53 Å². The maximum Gasteiger partial charge on any atom is 0.338 e. The largest absolute Gasteiger partial charge is 0.462 e. The fourth-order valence-electron chi connectivity index (χ4n) is 1.63. The highest BCUT2D eigenvalue weighted by atomic mass is 16.5. The summed E-state index contributed by atoms with van der Waals surface area (Å²) in [5.74, 6) is -0.127. The molecule has 0 atom stereocenters. The van der Waals surface area contributed by atoms with E-state index in [1.807, 2.05) is 6.92 Å². The molecule has 0 radical (unpaired) electrons. The fraction of sp³-hybridized carbons (Fsp3) is 0.444. The summed E-state index contributed by atoms with van der Waals surface area (Å²) < 4.78 is 4.92. The maximum atomic E-state index is 11.2. The quantitative estimate of drug-likeness (QED) is 0.490. The average Bonchev–Trinajstić information content (AvgIpc) is 2.34. The van der Waals surface area contributed by atoms with Crippen molar-refractivity contribution in [3.8, 4) is 0 Å². The van der Waals surface area contributed by atoms with Gasteiger partial charge < -0.3 is 4.74 Å². The summed E-state index contributed by atoms with van der Waals surface area (Å²) in [5.41, 5.74) is 3.19.